The van der Waals surface area contributed by atoms with Crippen LogP contribution in [0, 0.1) is 0 Å². The zero-order valence-corrected chi connectivity index (χ0v) is 31.9. The smallest absolute Gasteiger partial charge is 0.407 e. The summed E-state index contributed by atoms with van der Waals surface area (Å²) in [6.07, 6.45) is 4.73. The van der Waals surface area contributed by atoms with Crippen LogP contribution in [-0.4, -0.2) is 94.1 Å². The quantitative estimate of drug-likeness (QED) is 0.134. The molecule has 290 valence electrons. The van der Waals surface area contributed by atoms with Gasteiger partial charge in [-0.05, 0) is 91.8 Å². The molecule has 1 saturated carbocycles. The molecule has 1 aliphatic heterocycles. The predicted octanol–water partition coefficient (Wildman–Crippen LogP) is 5.99. The summed E-state index contributed by atoms with van der Waals surface area (Å²) < 4.78 is 9.26. The summed E-state index contributed by atoms with van der Waals surface area (Å²) in [5.41, 5.74) is 9.98. The van der Waals surface area contributed by atoms with Crippen molar-refractivity contribution in [2.75, 3.05) is 40.4 Å². The van der Waals surface area contributed by atoms with Gasteiger partial charge in [-0.25, -0.2) is 19.6 Å². The maximum absolute atomic E-state index is 13.2. The Balaban J connectivity index is 0.977. The van der Waals surface area contributed by atoms with Crippen LogP contribution in [0.25, 0.3) is 44.5 Å². The lowest BCUT2D eigenvalue weighted by atomic mass is 9.74. The molecule has 0 bridgehead atoms. The first kappa shape index (κ1) is 36.8. The van der Waals surface area contributed by atoms with Crippen molar-refractivity contribution in [2.24, 2.45) is 0 Å². The fourth-order valence-corrected chi connectivity index (χ4v) is 8.58. The topological polar surface area (TPSA) is 175 Å². The van der Waals surface area contributed by atoms with Crippen LogP contribution in [0.3, 0.4) is 0 Å². The van der Waals surface area contributed by atoms with E-state index in [0.717, 1.165) is 107 Å². The van der Waals surface area contributed by atoms with Gasteiger partial charge in [0.05, 0.1) is 37.0 Å². The van der Waals surface area contributed by atoms with Gasteiger partial charge in [0.15, 0.2) is 0 Å². The summed E-state index contributed by atoms with van der Waals surface area (Å²) in [4.78, 5) is 70.0. The number of likely N-dealkylation sites (tertiary alicyclic amines) is 1. The molecule has 0 radical (unpaired) electrons. The Morgan fingerprint density at radius 1 is 0.839 bits per heavy atom. The highest BCUT2D eigenvalue weighted by molar-refractivity contribution is 5.85. The number of fused-ring (bicyclic) bond motifs is 4. The highest BCUT2D eigenvalue weighted by atomic mass is 16.5. The van der Waals surface area contributed by atoms with Gasteiger partial charge in [0.25, 0.3) is 0 Å². The van der Waals surface area contributed by atoms with Gasteiger partial charge in [-0.1, -0.05) is 48.5 Å². The van der Waals surface area contributed by atoms with Crippen LogP contribution >= 0.6 is 0 Å². The van der Waals surface area contributed by atoms with Crippen LogP contribution < -0.4 is 10.6 Å². The highest BCUT2D eigenvalue weighted by Crippen LogP contribution is 2.46. The van der Waals surface area contributed by atoms with E-state index in [4.69, 9.17) is 9.97 Å². The number of nitrogens with one attached hydrogen (secondary N) is 4. The zero-order valence-electron chi connectivity index (χ0n) is 31.9. The molecule has 2 aliphatic carbocycles. The van der Waals surface area contributed by atoms with E-state index in [1.807, 2.05) is 17.9 Å². The van der Waals surface area contributed by atoms with Gasteiger partial charge in [-0.15, -0.1) is 0 Å². The molecule has 1 atom stereocenters. The number of ether oxygens (including phenoxy) is 2. The highest BCUT2D eigenvalue weighted by Gasteiger charge is 2.48. The van der Waals surface area contributed by atoms with Gasteiger partial charge in [0.2, 0.25) is 11.8 Å². The van der Waals surface area contributed by atoms with E-state index in [1.54, 1.807) is 4.90 Å². The van der Waals surface area contributed by atoms with Crippen molar-refractivity contribution in [1.29, 1.82) is 0 Å². The van der Waals surface area contributed by atoms with Gasteiger partial charge >= 0.3 is 12.2 Å². The maximum atomic E-state index is 13.2. The first-order valence-electron chi connectivity index (χ1n) is 19.3. The number of benzene rings is 3. The second kappa shape index (κ2) is 15.2. The van der Waals surface area contributed by atoms with Gasteiger partial charge in [0.1, 0.15) is 30.3 Å². The lowest BCUT2D eigenvalue weighted by Gasteiger charge is -2.48. The average Bonchev–Trinajstić information content (AvgIpc) is 3.98. The van der Waals surface area contributed by atoms with Crippen molar-refractivity contribution in [2.45, 2.75) is 63.5 Å². The van der Waals surface area contributed by atoms with Gasteiger partial charge in [-0.2, -0.15) is 0 Å². The molecule has 14 nitrogen and oxygen atoms in total. The Labute approximate surface area is 324 Å². The van der Waals surface area contributed by atoms with Crippen LogP contribution in [0.1, 0.15) is 68.0 Å². The lowest BCUT2D eigenvalue weighted by Crippen LogP contribution is -2.56. The predicted molar refractivity (Wildman–Crippen MR) is 209 cm³/mol. The fraction of sp³-hybridized carbons (Fsp3) is 0.381. The van der Waals surface area contributed by atoms with E-state index >= 15 is 0 Å². The Morgan fingerprint density at radius 3 is 2.20 bits per heavy atom. The Bertz CT molecular complexity index is 2310. The van der Waals surface area contributed by atoms with E-state index < -0.39 is 17.7 Å². The van der Waals surface area contributed by atoms with Gasteiger partial charge in [0, 0.05) is 24.3 Å². The number of aromatic amines is 2. The Hall–Kier alpha value is -6.18. The van der Waals surface area contributed by atoms with E-state index in [0.29, 0.717) is 13.1 Å². The summed E-state index contributed by atoms with van der Waals surface area (Å²) in [6.45, 7) is 2.82. The number of likely N-dealkylation sites (N-methyl/N-ethyl adjacent to an activating group) is 1. The molecule has 3 aromatic carbocycles. The van der Waals surface area contributed by atoms with Gasteiger partial charge in [-0.3, -0.25) is 9.59 Å². The first-order chi connectivity index (χ1) is 27.2. The molecule has 0 unspecified atom stereocenters. The van der Waals surface area contributed by atoms with E-state index in [9.17, 15) is 19.2 Å². The number of rotatable bonds is 10. The van der Waals surface area contributed by atoms with E-state index in [1.165, 1.54) is 19.8 Å². The van der Waals surface area contributed by atoms with Crippen molar-refractivity contribution < 1.29 is 28.7 Å². The third-order valence-corrected chi connectivity index (χ3v) is 11.6. The van der Waals surface area contributed by atoms with Crippen LogP contribution in [0.2, 0.25) is 0 Å². The van der Waals surface area contributed by atoms with Crippen molar-refractivity contribution in [1.82, 2.24) is 40.4 Å². The van der Waals surface area contributed by atoms with Crippen molar-refractivity contribution in [3.63, 3.8) is 0 Å². The third-order valence-electron chi connectivity index (χ3n) is 11.6. The molecule has 4 N–H and O–H groups in total. The molecule has 5 aromatic rings. The number of aromatic nitrogens is 4. The molecule has 3 aliphatic rings. The minimum atomic E-state index is -0.634. The summed E-state index contributed by atoms with van der Waals surface area (Å²) >= 11 is 0. The van der Waals surface area contributed by atoms with Crippen LogP contribution in [-0.2, 0) is 37.4 Å². The molecular formula is C42H46N8O6. The molecule has 3 heterocycles. The number of methoxy groups -OCH3 is 2. The number of imidazole rings is 2. The number of carbonyl (C=O) groups excluding carboxylic acids is 4. The molecule has 0 spiro atoms. The molecular weight excluding hydrogens is 713 g/mol. The molecule has 4 amide bonds. The molecule has 8 rings (SSSR count). The fourth-order valence-electron chi connectivity index (χ4n) is 8.58. The van der Waals surface area contributed by atoms with E-state index in [-0.39, 0.29) is 30.9 Å². The lowest BCUT2D eigenvalue weighted by molar-refractivity contribution is -0.141. The monoisotopic (exact) mass is 758 g/mol. The van der Waals surface area contributed by atoms with Crippen LogP contribution in [0.5, 0.6) is 0 Å². The summed E-state index contributed by atoms with van der Waals surface area (Å²) in [7, 11) is 2.55. The number of carbonyl (C=O) groups is 4. The largest absolute Gasteiger partial charge is 0.453 e. The molecule has 1 saturated heterocycles. The number of aryl methyl sites for hydroxylation is 2. The van der Waals surface area contributed by atoms with Crippen LogP contribution in [0.15, 0.2) is 60.7 Å². The van der Waals surface area contributed by atoms with Gasteiger partial charge < -0.3 is 39.9 Å². The summed E-state index contributed by atoms with van der Waals surface area (Å²) in [5.74, 6) is 1.23. The standard InChI is InChI=1S/C42H46N8O6/c1-4-50(36(52)24-44-41(54)56-3)42(18-6-19-42)39-46-31-16-13-28(22-33(31)47-39)26-10-8-25(9-11-26)27-12-15-30-29(21-27)14-17-32-37(30)48-38(45-32)34-7-5-20-49(34)35(51)23-43-40(53)55-2/h8-13,15-16,21-22,34H,4-7,14,17-20,23-24H2,1-3H3,(H,43,53)(H,44,54)(H,45,48)(H,46,47)/t34-/m0/s1. The number of alkyl carbamates (subject to hydrolysis) is 2. The Kier molecular flexibility index (Phi) is 9.96. The van der Waals surface area contributed by atoms with Crippen molar-refractivity contribution in [3.8, 4) is 33.5 Å². The SMILES string of the molecule is CCN(C(=O)CNC(=O)OC)C1(c2nc3ccc(-c4ccc(-c5ccc6c(c5)CCc5[nH]c([C@@H]7CCCN7C(=O)CNC(=O)OC)nc5-6)cc4)cc3[nH]2)CCC1. The Morgan fingerprint density at radius 2 is 1.52 bits per heavy atom. The number of hydrogen-bond acceptors (Lipinski definition) is 8. The van der Waals surface area contributed by atoms with Crippen LogP contribution in [0.4, 0.5) is 9.59 Å². The summed E-state index contributed by atoms with van der Waals surface area (Å²) in [5, 5.41) is 5.01. The minimum absolute atomic E-state index is 0.111. The average molecular weight is 759 g/mol. The number of nitrogens with zero attached hydrogens (tertiary/aromatic N) is 4. The molecule has 14 heteroatoms. The summed E-state index contributed by atoms with van der Waals surface area (Å²) in [6, 6.07) is 21.2. The van der Waals surface area contributed by atoms with E-state index in [2.05, 4.69) is 84.7 Å². The minimum Gasteiger partial charge on any atom is -0.453 e. The molecule has 2 aromatic heterocycles. The molecule has 2 fully saturated rings. The molecule has 56 heavy (non-hydrogen) atoms. The zero-order chi connectivity index (χ0) is 39.0. The second-order valence-corrected chi connectivity index (χ2v) is 14.7. The second-order valence-electron chi connectivity index (χ2n) is 14.7. The number of H-pyrrole nitrogens is 2. The normalized spacial score (nSPS) is 16.7. The first-order valence-corrected chi connectivity index (χ1v) is 19.3. The number of amides is 4. The number of hydrogen-bond donors (Lipinski definition) is 4. The third kappa shape index (κ3) is 6.73. The van der Waals surface area contributed by atoms with Crippen molar-refractivity contribution in [3.05, 3.63) is 83.6 Å². The maximum Gasteiger partial charge on any atom is 0.407 e. The van der Waals surface area contributed by atoms with Crippen molar-refractivity contribution >= 4 is 35.0 Å².